The molecule has 0 bridgehead atoms. The largest absolute Gasteiger partial charge is 0.480 e. The fourth-order valence-electron chi connectivity index (χ4n) is 3.99. The summed E-state index contributed by atoms with van der Waals surface area (Å²) in [7, 11) is -0.409. The SMILES string of the molecule is COc1ncc(Cl)cc1Nc1nccc(-c2cc(C#N)c3c(c2)[C@@](C)(CO[Si](C)(C)C(C)(C)C)CN3)n1. The van der Waals surface area contributed by atoms with Crippen LogP contribution in [-0.2, 0) is 9.84 Å². The standard InChI is InChI=1S/C27H33ClN6O2Si/c1-26(2,3)37(6,7)36-16-27(4)15-32-23-18(13-29)10-17(11-20(23)27)21-8-9-30-25(33-21)34-22-12-19(28)14-31-24(22)35-5/h8-12,14,32H,15-16H2,1-7H3,(H,30,33,34)/t27-/m1/s1. The van der Waals surface area contributed by atoms with E-state index in [2.05, 4.69) is 73.5 Å². The number of nitrogens with one attached hydrogen (secondary N) is 2. The molecule has 37 heavy (non-hydrogen) atoms. The Hall–Kier alpha value is -3.19. The second-order valence-electron chi connectivity index (χ2n) is 11.1. The third-order valence-corrected chi connectivity index (χ3v) is 12.0. The van der Waals surface area contributed by atoms with Crippen LogP contribution in [0.2, 0.25) is 23.2 Å². The number of anilines is 3. The van der Waals surface area contributed by atoms with Gasteiger partial charge in [-0.25, -0.2) is 15.0 Å². The van der Waals surface area contributed by atoms with Gasteiger partial charge in [0, 0.05) is 36.5 Å². The number of hydrogen-bond acceptors (Lipinski definition) is 8. The Balaban J connectivity index is 1.68. The van der Waals surface area contributed by atoms with Gasteiger partial charge < -0.3 is 19.8 Å². The highest BCUT2D eigenvalue weighted by Crippen LogP contribution is 2.44. The molecule has 0 fully saturated rings. The molecular weight excluding hydrogens is 504 g/mol. The maximum absolute atomic E-state index is 9.95. The molecule has 0 saturated heterocycles. The van der Waals surface area contributed by atoms with Gasteiger partial charge in [0.2, 0.25) is 11.8 Å². The third-order valence-electron chi connectivity index (χ3n) is 7.33. The number of pyridine rings is 1. The first kappa shape index (κ1) is 26.9. The zero-order valence-corrected chi connectivity index (χ0v) is 24.1. The first-order valence-electron chi connectivity index (χ1n) is 12.1. The Morgan fingerprint density at radius 2 is 2.00 bits per heavy atom. The van der Waals surface area contributed by atoms with Crippen LogP contribution in [0, 0.1) is 11.3 Å². The normalized spacial score (nSPS) is 17.1. The number of aromatic nitrogens is 3. The van der Waals surface area contributed by atoms with Gasteiger partial charge in [-0.3, -0.25) is 0 Å². The molecule has 4 rings (SSSR count). The maximum Gasteiger partial charge on any atom is 0.237 e. The van der Waals surface area contributed by atoms with Gasteiger partial charge in [0.05, 0.1) is 29.1 Å². The third kappa shape index (κ3) is 5.42. The lowest BCUT2D eigenvalue weighted by molar-refractivity contribution is 0.220. The van der Waals surface area contributed by atoms with Gasteiger partial charge in [-0.15, -0.1) is 0 Å². The van der Waals surface area contributed by atoms with Gasteiger partial charge in [-0.2, -0.15) is 5.26 Å². The van der Waals surface area contributed by atoms with E-state index in [0.29, 0.717) is 46.9 Å². The van der Waals surface area contributed by atoms with Crippen LogP contribution in [0.4, 0.5) is 17.3 Å². The van der Waals surface area contributed by atoms with Crippen LogP contribution in [0.3, 0.4) is 0 Å². The lowest BCUT2D eigenvalue weighted by Gasteiger charge is -2.39. The topological polar surface area (TPSA) is 105 Å². The number of ether oxygens (including phenoxy) is 1. The van der Waals surface area contributed by atoms with Crippen LogP contribution in [0.1, 0.15) is 38.8 Å². The minimum absolute atomic E-state index is 0.115. The molecule has 3 aromatic rings. The predicted molar refractivity (Wildman–Crippen MR) is 150 cm³/mol. The maximum atomic E-state index is 9.95. The van der Waals surface area contributed by atoms with E-state index in [-0.39, 0.29) is 10.5 Å². The molecule has 3 heterocycles. The summed E-state index contributed by atoms with van der Waals surface area (Å²) in [4.78, 5) is 13.2. The first-order chi connectivity index (χ1) is 17.4. The van der Waals surface area contributed by atoms with Crippen LogP contribution in [0.5, 0.6) is 5.88 Å². The Morgan fingerprint density at radius 1 is 1.24 bits per heavy atom. The number of nitriles is 1. The van der Waals surface area contributed by atoms with E-state index in [1.54, 1.807) is 12.3 Å². The van der Waals surface area contributed by atoms with Gasteiger partial charge in [0.25, 0.3) is 0 Å². The second-order valence-corrected chi connectivity index (χ2v) is 16.4. The molecule has 2 N–H and O–H groups in total. The van der Waals surface area contributed by atoms with Crippen LogP contribution < -0.4 is 15.4 Å². The summed E-state index contributed by atoms with van der Waals surface area (Å²) in [6.07, 6.45) is 3.18. The molecule has 0 unspecified atom stereocenters. The molecule has 10 heteroatoms. The monoisotopic (exact) mass is 536 g/mol. The molecule has 1 atom stereocenters. The Labute approximate surface area is 224 Å². The first-order valence-corrected chi connectivity index (χ1v) is 15.4. The molecule has 0 amide bonds. The summed E-state index contributed by atoms with van der Waals surface area (Å²) in [5.74, 6) is 0.743. The van der Waals surface area contributed by atoms with E-state index in [1.165, 1.54) is 13.3 Å². The molecule has 0 aliphatic carbocycles. The zero-order chi connectivity index (χ0) is 27.0. The molecule has 194 valence electrons. The summed E-state index contributed by atoms with van der Waals surface area (Å²) in [5.41, 5.74) is 4.31. The summed E-state index contributed by atoms with van der Waals surface area (Å²) < 4.78 is 11.9. The van der Waals surface area contributed by atoms with Crippen molar-refractivity contribution in [3.8, 4) is 23.2 Å². The van der Waals surface area contributed by atoms with E-state index in [0.717, 1.165) is 16.8 Å². The molecule has 8 nitrogen and oxygen atoms in total. The average Bonchev–Trinajstić information content (AvgIpc) is 3.19. The van der Waals surface area contributed by atoms with Crippen LogP contribution in [0.15, 0.2) is 36.7 Å². The fraction of sp³-hybridized carbons (Fsp3) is 0.407. The van der Waals surface area contributed by atoms with Crippen LogP contribution in [-0.4, -0.2) is 43.5 Å². The van der Waals surface area contributed by atoms with Crippen molar-refractivity contribution in [3.63, 3.8) is 0 Å². The molecule has 0 saturated carbocycles. The lowest BCUT2D eigenvalue weighted by Crippen LogP contribution is -2.45. The van der Waals surface area contributed by atoms with Crippen molar-refractivity contribution in [2.75, 3.05) is 30.9 Å². The van der Waals surface area contributed by atoms with Crippen molar-refractivity contribution in [2.24, 2.45) is 0 Å². The minimum Gasteiger partial charge on any atom is -0.480 e. The molecule has 2 aromatic heterocycles. The van der Waals surface area contributed by atoms with E-state index in [1.807, 2.05) is 12.1 Å². The summed E-state index contributed by atoms with van der Waals surface area (Å²) in [5, 5.41) is 17.1. The van der Waals surface area contributed by atoms with Gasteiger partial charge in [0.1, 0.15) is 11.8 Å². The number of halogens is 1. The highest BCUT2D eigenvalue weighted by atomic mass is 35.5. The molecule has 1 aliphatic heterocycles. The lowest BCUT2D eigenvalue weighted by atomic mass is 9.83. The van der Waals surface area contributed by atoms with Crippen molar-refractivity contribution in [3.05, 3.63) is 52.8 Å². The van der Waals surface area contributed by atoms with E-state index < -0.39 is 8.32 Å². The van der Waals surface area contributed by atoms with Crippen molar-refractivity contribution in [2.45, 2.75) is 51.2 Å². The van der Waals surface area contributed by atoms with Gasteiger partial charge >= 0.3 is 0 Å². The van der Waals surface area contributed by atoms with Crippen LogP contribution >= 0.6 is 11.6 Å². The van der Waals surface area contributed by atoms with Crippen LogP contribution in [0.25, 0.3) is 11.3 Å². The summed E-state index contributed by atoms with van der Waals surface area (Å²) in [6.45, 7) is 14.7. The fourth-order valence-corrected chi connectivity index (χ4v) is 5.26. The number of methoxy groups -OCH3 is 1. The molecule has 1 aliphatic rings. The summed E-state index contributed by atoms with van der Waals surface area (Å²) >= 11 is 6.12. The van der Waals surface area contributed by atoms with Gasteiger partial charge in [-0.1, -0.05) is 39.3 Å². The minimum atomic E-state index is -1.94. The molecular formula is C27H33ClN6O2Si. The Bertz CT molecular complexity index is 1370. The summed E-state index contributed by atoms with van der Waals surface area (Å²) in [6, 6.07) is 9.85. The second kappa shape index (κ2) is 9.93. The molecule has 1 aromatic carbocycles. The number of hydrogen-bond donors (Lipinski definition) is 2. The smallest absolute Gasteiger partial charge is 0.237 e. The molecule has 0 radical (unpaired) electrons. The Kier molecular flexibility index (Phi) is 7.21. The highest BCUT2D eigenvalue weighted by Gasteiger charge is 2.42. The van der Waals surface area contributed by atoms with Gasteiger partial charge in [-0.05, 0) is 48.0 Å². The Morgan fingerprint density at radius 3 is 2.68 bits per heavy atom. The zero-order valence-electron chi connectivity index (χ0n) is 22.4. The van der Waals surface area contributed by atoms with Crippen molar-refractivity contribution in [1.29, 1.82) is 5.26 Å². The van der Waals surface area contributed by atoms with E-state index in [4.69, 9.17) is 25.7 Å². The van der Waals surface area contributed by atoms with Crippen molar-refractivity contribution in [1.82, 2.24) is 15.0 Å². The van der Waals surface area contributed by atoms with E-state index >= 15 is 0 Å². The van der Waals surface area contributed by atoms with Crippen molar-refractivity contribution >= 4 is 37.2 Å². The number of nitrogens with zero attached hydrogens (tertiary/aromatic N) is 4. The van der Waals surface area contributed by atoms with E-state index in [9.17, 15) is 5.26 Å². The number of rotatable bonds is 7. The highest BCUT2D eigenvalue weighted by molar-refractivity contribution is 6.74. The molecule has 0 spiro atoms. The quantitative estimate of drug-likeness (QED) is 0.329. The number of fused-ring (bicyclic) bond motifs is 1. The predicted octanol–water partition coefficient (Wildman–Crippen LogP) is 6.52. The average molecular weight is 537 g/mol. The van der Waals surface area contributed by atoms with Gasteiger partial charge in [0.15, 0.2) is 8.32 Å². The van der Waals surface area contributed by atoms with Crippen molar-refractivity contribution < 1.29 is 9.16 Å². The number of benzene rings is 1.